The fourth-order valence-electron chi connectivity index (χ4n) is 5.57. The van der Waals surface area contributed by atoms with Crippen LogP contribution in [-0.2, 0) is 21.1 Å². The SMILES string of the molecule is [C-]#[N+]c1cc(Oc2[c-]c3c(cc2)c2ccccc2n3-c2ccccn2)[c-]c(-c2cc(-c3c(C)cccc3C)ccn2)c1.[Pt+2]. The van der Waals surface area contributed by atoms with Crippen molar-refractivity contribution in [2.75, 3.05) is 0 Å². The Morgan fingerprint density at radius 1 is 0.744 bits per heavy atom. The predicted octanol–water partition coefficient (Wildman–Crippen LogP) is 9.47. The van der Waals surface area contributed by atoms with Crippen LogP contribution in [0.25, 0.3) is 54.9 Å². The summed E-state index contributed by atoms with van der Waals surface area (Å²) in [6.45, 7) is 11.9. The van der Waals surface area contributed by atoms with Crippen molar-refractivity contribution >= 4 is 27.5 Å². The number of ether oxygens (including phenoxy) is 1. The van der Waals surface area contributed by atoms with Crippen molar-refractivity contribution in [3.63, 3.8) is 0 Å². The quantitative estimate of drug-likeness (QED) is 0.166. The van der Waals surface area contributed by atoms with Gasteiger partial charge in [-0.2, -0.15) is 6.07 Å². The first kappa shape index (κ1) is 28.1. The third-order valence-corrected chi connectivity index (χ3v) is 7.42. The van der Waals surface area contributed by atoms with E-state index in [4.69, 9.17) is 11.3 Å². The second-order valence-corrected chi connectivity index (χ2v) is 10.2. The van der Waals surface area contributed by atoms with Crippen LogP contribution in [0.4, 0.5) is 5.69 Å². The molecule has 3 aromatic heterocycles. The predicted molar refractivity (Wildman–Crippen MR) is 167 cm³/mol. The summed E-state index contributed by atoms with van der Waals surface area (Å²) in [5.74, 6) is 1.74. The molecule has 0 atom stereocenters. The van der Waals surface area contributed by atoms with Crippen molar-refractivity contribution in [1.29, 1.82) is 0 Å². The van der Waals surface area contributed by atoms with Gasteiger partial charge in [0.15, 0.2) is 0 Å². The maximum absolute atomic E-state index is 7.72. The minimum absolute atomic E-state index is 0. The summed E-state index contributed by atoms with van der Waals surface area (Å²) in [6, 6.07) is 38.7. The fraction of sp³-hybridized carbons (Fsp3) is 0.0541. The average molecular weight is 736 g/mol. The monoisotopic (exact) mass is 735 g/mol. The van der Waals surface area contributed by atoms with E-state index in [9.17, 15) is 0 Å². The third kappa shape index (κ3) is 5.23. The molecule has 0 aliphatic heterocycles. The van der Waals surface area contributed by atoms with E-state index in [0.29, 0.717) is 22.7 Å². The van der Waals surface area contributed by atoms with Gasteiger partial charge in [0.2, 0.25) is 0 Å². The second kappa shape index (κ2) is 11.7. The molecule has 4 aromatic carbocycles. The van der Waals surface area contributed by atoms with Crippen molar-refractivity contribution in [3.8, 4) is 39.7 Å². The van der Waals surface area contributed by atoms with Gasteiger partial charge >= 0.3 is 21.1 Å². The Labute approximate surface area is 264 Å². The van der Waals surface area contributed by atoms with Crippen LogP contribution >= 0.6 is 0 Å². The van der Waals surface area contributed by atoms with Gasteiger partial charge in [-0.05, 0) is 71.4 Å². The van der Waals surface area contributed by atoms with E-state index in [1.54, 1.807) is 24.5 Å². The zero-order valence-corrected chi connectivity index (χ0v) is 25.7. The van der Waals surface area contributed by atoms with Gasteiger partial charge in [-0.15, -0.1) is 29.1 Å². The Balaban J connectivity index is 0.00000329. The Morgan fingerprint density at radius 3 is 2.35 bits per heavy atom. The number of aromatic nitrogens is 3. The number of hydrogen-bond acceptors (Lipinski definition) is 3. The second-order valence-electron chi connectivity index (χ2n) is 10.2. The summed E-state index contributed by atoms with van der Waals surface area (Å²) in [7, 11) is 0. The van der Waals surface area contributed by atoms with Crippen molar-refractivity contribution in [2.45, 2.75) is 13.8 Å². The number of aryl methyl sites for hydroxylation is 2. The molecule has 43 heavy (non-hydrogen) atoms. The minimum Gasteiger partial charge on any atom is -0.504 e. The largest absolute Gasteiger partial charge is 2.00 e. The molecule has 6 heteroatoms. The average Bonchev–Trinajstić information content (AvgIpc) is 3.35. The van der Waals surface area contributed by atoms with Gasteiger partial charge in [-0.25, -0.2) is 4.98 Å². The molecule has 0 radical (unpaired) electrons. The van der Waals surface area contributed by atoms with E-state index in [0.717, 1.165) is 38.9 Å². The van der Waals surface area contributed by atoms with Gasteiger partial charge in [0, 0.05) is 29.4 Å². The Kier molecular flexibility index (Phi) is 7.63. The zero-order valence-electron chi connectivity index (χ0n) is 23.4. The van der Waals surface area contributed by atoms with Crippen molar-refractivity contribution in [1.82, 2.24) is 14.5 Å². The molecule has 0 saturated heterocycles. The summed E-state index contributed by atoms with van der Waals surface area (Å²) in [5.41, 5.74) is 8.41. The number of fused-ring (bicyclic) bond motifs is 3. The molecule has 208 valence electrons. The number of hydrogen-bond donors (Lipinski definition) is 0. The molecule has 0 N–H and O–H groups in total. The summed E-state index contributed by atoms with van der Waals surface area (Å²) in [6.07, 6.45) is 3.58. The van der Waals surface area contributed by atoms with Crippen LogP contribution in [-0.4, -0.2) is 14.5 Å². The number of para-hydroxylation sites is 1. The van der Waals surface area contributed by atoms with Crippen LogP contribution in [0.2, 0.25) is 0 Å². The minimum atomic E-state index is 0. The zero-order chi connectivity index (χ0) is 28.6. The molecular formula is C37H24N4OPt. The summed E-state index contributed by atoms with van der Waals surface area (Å²) >= 11 is 0. The van der Waals surface area contributed by atoms with E-state index in [1.807, 2.05) is 54.6 Å². The molecule has 0 amide bonds. The van der Waals surface area contributed by atoms with E-state index in [2.05, 4.69) is 75.7 Å². The molecule has 7 rings (SSSR count). The van der Waals surface area contributed by atoms with E-state index < -0.39 is 0 Å². The normalized spacial score (nSPS) is 10.8. The number of nitrogens with zero attached hydrogens (tertiary/aromatic N) is 4. The molecule has 3 heterocycles. The number of pyridine rings is 2. The van der Waals surface area contributed by atoms with Gasteiger partial charge in [0.1, 0.15) is 11.5 Å². The van der Waals surface area contributed by atoms with Crippen LogP contribution in [0.1, 0.15) is 11.1 Å². The van der Waals surface area contributed by atoms with E-state index in [1.165, 1.54) is 16.7 Å². The van der Waals surface area contributed by atoms with Crippen LogP contribution < -0.4 is 4.74 Å². The van der Waals surface area contributed by atoms with Crippen molar-refractivity contribution in [3.05, 3.63) is 144 Å². The van der Waals surface area contributed by atoms with Gasteiger partial charge in [-0.1, -0.05) is 66.2 Å². The first-order valence-corrected chi connectivity index (χ1v) is 13.6. The van der Waals surface area contributed by atoms with E-state index in [-0.39, 0.29) is 21.1 Å². The first-order valence-electron chi connectivity index (χ1n) is 13.6. The van der Waals surface area contributed by atoms with Crippen LogP contribution in [0.3, 0.4) is 0 Å². The van der Waals surface area contributed by atoms with Crippen LogP contribution in [0.15, 0.2) is 109 Å². The van der Waals surface area contributed by atoms with Crippen LogP contribution in [0.5, 0.6) is 11.5 Å². The van der Waals surface area contributed by atoms with Gasteiger partial charge in [-0.3, -0.25) is 4.85 Å². The number of benzene rings is 4. The molecule has 0 aliphatic carbocycles. The van der Waals surface area contributed by atoms with Crippen LogP contribution in [0, 0.1) is 32.6 Å². The Hall–Kier alpha value is -5.04. The molecule has 0 unspecified atom stereocenters. The smallest absolute Gasteiger partial charge is 0.504 e. The molecule has 0 fully saturated rings. The summed E-state index contributed by atoms with van der Waals surface area (Å²) in [5, 5.41) is 2.16. The molecular weight excluding hydrogens is 712 g/mol. The summed E-state index contributed by atoms with van der Waals surface area (Å²) in [4.78, 5) is 12.9. The molecule has 0 aliphatic rings. The van der Waals surface area contributed by atoms with Gasteiger partial charge in [0.05, 0.1) is 6.57 Å². The first-order chi connectivity index (χ1) is 20.6. The molecule has 7 aromatic rings. The maximum atomic E-state index is 7.72. The molecule has 0 saturated carbocycles. The van der Waals surface area contributed by atoms with Crippen molar-refractivity contribution in [2.24, 2.45) is 0 Å². The van der Waals surface area contributed by atoms with Gasteiger partial charge < -0.3 is 14.3 Å². The van der Waals surface area contributed by atoms with Crippen molar-refractivity contribution < 1.29 is 25.8 Å². The van der Waals surface area contributed by atoms with Gasteiger partial charge in [0.25, 0.3) is 0 Å². The Morgan fingerprint density at radius 2 is 1.56 bits per heavy atom. The van der Waals surface area contributed by atoms with E-state index >= 15 is 0 Å². The molecule has 0 spiro atoms. The topological polar surface area (TPSA) is 44.3 Å². The summed E-state index contributed by atoms with van der Waals surface area (Å²) < 4.78 is 8.40. The third-order valence-electron chi connectivity index (χ3n) is 7.42. The Bertz CT molecular complexity index is 2140. The number of rotatable bonds is 5. The molecule has 0 bridgehead atoms. The molecule has 5 nitrogen and oxygen atoms in total. The fourth-order valence-corrected chi connectivity index (χ4v) is 5.57. The maximum Gasteiger partial charge on any atom is 2.00 e. The standard InChI is InChI=1S/C37H24N4O.Pt/c1-24-9-8-10-25(2)37(24)26-16-18-39-33(21-26)27-19-28(38-3)22-30(20-27)42-29-14-15-32-31-11-4-5-12-34(31)41(35(32)23-29)36-13-6-7-17-40-36;/h4-19,21-22H,1-2H3;/q-2;+2.